The lowest BCUT2D eigenvalue weighted by Gasteiger charge is -2.44. The highest BCUT2D eigenvalue weighted by molar-refractivity contribution is 6.31. The van der Waals surface area contributed by atoms with Crippen molar-refractivity contribution in [2.24, 2.45) is 10.9 Å². The monoisotopic (exact) mass is 649 g/mol. The molecular weight excluding hydrogens is 620 g/mol. The summed E-state index contributed by atoms with van der Waals surface area (Å²) in [6, 6.07) is 4.70. The first-order valence-electron chi connectivity index (χ1n) is 14.1. The first-order chi connectivity index (χ1) is 21.0. The second-order valence-electron chi connectivity index (χ2n) is 12.2. The normalized spacial score (nSPS) is 26.7. The maximum atomic E-state index is 14.5. The summed E-state index contributed by atoms with van der Waals surface area (Å²) in [5, 5.41) is 17.9. The molecule has 13 heteroatoms. The number of aliphatic hydroxyl groups is 1. The van der Waals surface area contributed by atoms with E-state index < -0.39 is 59.3 Å². The van der Waals surface area contributed by atoms with Crippen molar-refractivity contribution in [3.63, 3.8) is 0 Å². The molecule has 4 atom stereocenters. The molecular formula is C32H30ClF6N5O. The zero-order valence-electron chi connectivity index (χ0n) is 24.5. The summed E-state index contributed by atoms with van der Waals surface area (Å²) in [7, 11) is 0. The summed E-state index contributed by atoms with van der Waals surface area (Å²) in [5.74, 6) is -1.89. The Balaban J connectivity index is 1.54. The summed E-state index contributed by atoms with van der Waals surface area (Å²) < 4.78 is 83.5. The van der Waals surface area contributed by atoms with Gasteiger partial charge in [-0.1, -0.05) is 24.8 Å². The van der Waals surface area contributed by atoms with Gasteiger partial charge in [0.05, 0.1) is 29.7 Å². The van der Waals surface area contributed by atoms with Gasteiger partial charge in [-0.2, -0.15) is 13.2 Å². The third-order valence-corrected chi connectivity index (χ3v) is 9.48. The molecule has 2 aromatic rings. The van der Waals surface area contributed by atoms with Crippen molar-refractivity contribution >= 4 is 23.3 Å². The van der Waals surface area contributed by atoms with E-state index in [9.17, 15) is 31.4 Å². The Bertz CT molecular complexity index is 1730. The Morgan fingerprint density at radius 2 is 1.84 bits per heavy atom. The fraction of sp³-hybridized carbons (Fsp3) is 0.344. The zero-order chi connectivity index (χ0) is 32.8. The molecule has 2 fully saturated rings. The minimum atomic E-state index is -4.80. The predicted octanol–water partition coefficient (Wildman–Crippen LogP) is 6.64. The third kappa shape index (κ3) is 4.80. The van der Waals surface area contributed by atoms with Gasteiger partial charge in [0.15, 0.2) is 5.72 Å². The SMILES string of the molecule is C=C(NC1=C2C(c3cc(F)ccc3Cl)NC(=C)C2C2C(=C1)N(CCF)C1=NC(C)(O)C(C)(C)N12)c1cc(F)cc(C(F)(F)F)c1. The van der Waals surface area contributed by atoms with Crippen LogP contribution in [0.5, 0.6) is 0 Å². The van der Waals surface area contributed by atoms with Crippen LogP contribution in [0.25, 0.3) is 5.70 Å². The van der Waals surface area contributed by atoms with E-state index in [2.05, 4.69) is 28.8 Å². The molecule has 2 aromatic carbocycles. The highest BCUT2D eigenvalue weighted by Crippen LogP contribution is 2.55. The van der Waals surface area contributed by atoms with Crippen molar-refractivity contribution in [2.45, 2.75) is 50.3 Å². The molecule has 3 N–H and O–H groups in total. The van der Waals surface area contributed by atoms with Gasteiger partial charge >= 0.3 is 6.18 Å². The number of nitrogens with one attached hydrogen (secondary N) is 2. The lowest BCUT2D eigenvalue weighted by Crippen LogP contribution is -2.58. The number of halogens is 7. The third-order valence-electron chi connectivity index (χ3n) is 9.14. The Kier molecular flexibility index (Phi) is 7.13. The van der Waals surface area contributed by atoms with Gasteiger partial charge in [0.25, 0.3) is 0 Å². The number of hydrogen-bond donors (Lipinski definition) is 3. The van der Waals surface area contributed by atoms with Crippen LogP contribution in [0.3, 0.4) is 0 Å². The van der Waals surface area contributed by atoms with Crippen molar-refractivity contribution in [3.8, 4) is 0 Å². The number of fused-ring (bicyclic) bond motifs is 5. The van der Waals surface area contributed by atoms with Crippen LogP contribution in [0.4, 0.5) is 26.3 Å². The van der Waals surface area contributed by atoms with Crippen LogP contribution in [0.2, 0.25) is 5.02 Å². The van der Waals surface area contributed by atoms with E-state index in [1.165, 1.54) is 18.2 Å². The lowest BCUT2D eigenvalue weighted by atomic mass is 9.78. The topological polar surface area (TPSA) is 63.1 Å². The van der Waals surface area contributed by atoms with E-state index in [1.54, 1.807) is 17.9 Å². The Hall–Kier alpha value is -3.90. The van der Waals surface area contributed by atoms with E-state index >= 15 is 0 Å². The van der Waals surface area contributed by atoms with E-state index in [0.29, 0.717) is 40.3 Å². The summed E-state index contributed by atoms with van der Waals surface area (Å²) in [6.45, 7) is 12.5. The molecule has 6 nitrogen and oxygen atoms in total. The van der Waals surface area contributed by atoms with Gasteiger partial charge in [0, 0.05) is 44.9 Å². The number of alkyl halides is 4. The van der Waals surface area contributed by atoms with Crippen molar-refractivity contribution < 1.29 is 31.4 Å². The highest BCUT2D eigenvalue weighted by atomic mass is 35.5. The van der Waals surface area contributed by atoms with Gasteiger partial charge in [0.2, 0.25) is 5.96 Å². The van der Waals surface area contributed by atoms with Crippen LogP contribution in [-0.4, -0.2) is 51.4 Å². The summed E-state index contributed by atoms with van der Waals surface area (Å²) in [6.07, 6.45) is -3.10. The molecule has 0 bridgehead atoms. The molecule has 0 aromatic heterocycles. The second-order valence-corrected chi connectivity index (χ2v) is 12.6. The molecule has 0 radical (unpaired) electrons. The van der Waals surface area contributed by atoms with Crippen molar-refractivity contribution in [3.05, 3.63) is 112 Å². The van der Waals surface area contributed by atoms with Gasteiger partial charge in [0.1, 0.15) is 18.3 Å². The van der Waals surface area contributed by atoms with E-state index in [-0.39, 0.29) is 22.8 Å². The molecule has 0 saturated carbocycles. The number of allylic oxidation sites excluding steroid dienone is 1. The molecule has 238 valence electrons. The molecule has 0 spiro atoms. The summed E-state index contributed by atoms with van der Waals surface area (Å²) in [5.41, 5.74) is -1.47. The highest BCUT2D eigenvalue weighted by Gasteiger charge is 2.63. The van der Waals surface area contributed by atoms with Crippen LogP contribution < -0.4 is 10.6 Å². The number of benzene rings is 2. The molecule has 3 aliphatic heterocycles. The van der Waals surface area contributed by atoms with Gasteiger partial charge in [-0.15, -0.1) is 0 Å². The molecule has 3 heterocycles. The van der Waals surface area contributed by atoms with Crippen molar-refractivity contribution in [1.82, 2.24) is 20.4 Å². The first kappa shape index (κ1) is 31.1. The Labute approximate surface area is 261 Å². The Morgan fingerprint density at radius 3 is 2.51 bits per heavy atom. The molecule has 0 amide bonds. The zero-order valence-corrected chi connectivity index (χ0v) is 25.3. The largest absolute Gasteiger partial charge is 0.416 e. The van der Waals surface area contributed by atoms with E-state index in [1.807, 2.05) is 18.7 Å². The van der Waals surface area contributed by atoms with Crippen molar-refractivity contribution in [2.75, 3.05) is 13.2 Å². The van der Waals surface area contributed by atoms with Crippen LogP contribution >= 0.6 is 11.6 Å². The lowest BCUT2D eigenvalue weighted by molar-refractivity contribution is -0.137. The Morgan fingerprint density at radius 1 is 1.13 bits per heavy atom. The fourth-order valence-corrected chi connectivity index (χ4v) is 6.84. The molecule has 1 aliphatic carbocycles. The average Bonchev–Trinajstić information content (AvgIpc) is 3.50. The van der Waals surface area contributed by atoms with E-state index in [0.717, 1.165) is 12.1 Å². The molecule has 45 heavy (non-hydrogen) atoms. The summed E-state index contributed by atoms with van der Waals surface area (Å²) in [4.78, 5) is 8.13. The van der Waals surface area contributed by atoms with Crippen LogP contribution in [0.1, 0.15) is 43.5 Å². The number of nitrogens with zero attached hydrogens (tertiary/aromatic N) is 3. The van der Waals surface area contributed by atoms with Gasteiger partial charge in [-0.3, -0.25) is 0 Å². The minimum Gasteiger partial charge on any atom is -0.378 e. The van der Waals surface area contributed by atoms with Crippen molar-refractivity contribution in [1.29, 1.82) is 0 Å². The molecule has 6 rings (SSSR count). The average molecular weight is 650 g/mol. The van der Waals surface area contributed by atoms with E-state index in [4.69, 9.17) is 11.6 Å². The molecule has 4 unspecified atom stereocenters. The van der Waals surface area contributed by atoms with Gasteiger partial charge in [-0.05, 0) is 68.8 Å². The van der Waals surface area contributed by atoms with Crippen LogP contribution in [-0.2, 0) is 6.18 Å². The molecule has 4 aliphatic rings. The smallest absolute Gasteiger partial charge is 0.378 e. The predicted molar refractivity (Wildman–Crippen MR) is 159 cm³/mol. The second kappa shape index (κ2) is 10.3. The maximum absolute atomic E-state index is 14.5. The van der Waals surface area contributed by atoms with Crippen LogP contribution in [0, 0.1) is 17.6 Å². The summed E-state index contributed by atoms with van der Waals surface area (Å²) >= 11 is 6.56. The van der Waals surface area contributed by atoms with Crippen LogP contribution in [0.15, 0.2) is 83.3 Å². The van der Waals surface area contributed by atoms with Gasteiger partial charge < -0.3 is 25.5 Å². The standard InChI is InChI=1S/C32H30ClF6N5O/c1-15(17-10-18(32(37,38)39)12-20(36)11-17)40-23-14-24-28(44-29(43(24)9-8-34)42-31(5,45)30(44,3)4)25-16(2)41-27(26(23)25)21-13-19(35)6-7-22(21)33/h6-7,10-14,25,27-28,40-41,45H,1-2,8-9H2,3-5H3. The first-order valence-corrected chi connectivity index (χ1v) is 14.5. The quantitative estimate of drug-likeness (QED) is 0.307. The van der Waals surface area contributed by atoms with Gasteiger partial charge in [-0.25, -0.2) is 18.2 Å². The number of hydrogen-bond acceptors (Lipinski definition) is 6. The maximum Gasteiger partial charge on any atom is 0.416 e. The molecule has 2 saturated heterocycles. The fourth-order valence-electron chi connectivity index (χ4n) is 6.62. The number of guanidine groups is 1. The minimum absolute atomic E-state index is 0.0470. The number of aliphatic imine (C=N–C) groups is 1. The number of rotatable bonds is 6.